The number of fused-ring (bicyclic) bond motifs is 2. The molecule has 2 aromatic heterocycles. The van der Waals surface area contributed by atoms with Gasteiger partial charge >= 0.3 is 0 Å². The summed E-state index contributed by atoms with van der Waals surface area (Å²) in [5, 5.41) is 10.6. The standard InChI is InChI=1S/C16H12N2O3/c1-9-2-12(10-3-11(19)7-17-6-10)13-4-15-16(21-8-20-15)5-14(13)18-9/h2-7,19H,8H2,1H3. The molecule has 0 radical (unpaired) electrons. The Kier molecular flexibility index (Phi) is 2.47. The molecule has 1 aliphatic rings. The van der Waals surface area contributed by atoms with E-state index in [2.05, 4.69) is 9.97 Å². The fourth-order valence-corrected chi connectivity index (χ4v) is 2.56. The zero-order valence-electron chi connectivity index (χ0n) is 11.3. The van der Waals surface area contributed by atoms with Crippen LogP contribution in [0, 0.1) is 6.92 Å². The average Bonchev–Trinajstić information content (AvgIpc) is 2.91. The van der Waals surface area contributed by atoms with Gasteiger partial charge in [0.05, 0.1) is 11.7 Å². The van der Waals surface area contributed by atoms with Gasteiger partial charge in [-0.2, -0.15) is 0 Å². The van der Waals surface area contributed by atoms with Gasteiger partial charge in [-0.05, 0) is 30.7 Å². The van der Waals surface area contributed by atoms with Crippen molar-refractivity contribution in [1.29, 1.82) is 0 Å². The van der Waals surface area contributed by atoms with Crippen molar-refractivity contribution in [1.82, 2.24) is 9.97 Å². The van der Waals surface area contributed by atoms with Crippen molar-refractivity contribution >= 4 is 10.9 Å². The third kappa shape index (κ3) is 1.94. The number of aromatic hydroxyl groups is 1. The lowest BCUT2D eigenvalue weighted by molar-refractivity contribution is 0.174. The summed E-state index contributed by atoms with van der Waals surface area (Å²) in [6.07, 6.45) is 3.13. The number of pyridine rings is 2. The van der Waals surface area contributed by atoms with Crippen molar-refractivity contribution < 1.29 is 14.6 Å². The van der Waals surface area contributed by atoms with Crippen LogP contribution in [0.15, 0.2) is 36.7 Å². The third-order valence-corrected chi connectivity index (χ3v) is 3.47. The Hall–Kier alpha value is -2.82. The number of hydrogen-bond donors (Lipinski definition) is 1. The van der Waals surface area contributed by atoms with E-state index in [9.17, 15) is 5.11 Å². The molecule has 5 heteroatoms. The van der Waals surface area contributed by atoms with E-state index < -0.39 is 0 Å². The number of benzene rings is 1. The molecule has 5 nitrogen and oxygen atoms in total. The SMILES string of the molecule is Cc1cc(-c2cncc(O)c2)c2cc3c(cc2n1)OCO3. The molecule has 1 N–H and O–H groups in total. The Labute approximate surface area is 120 Å². The van der Waals surface area contributed by atoms with E-state index in [1.807, 2.05) is 25.1 Å². The first-order valence-electron chi connectivity index (χ1n) is 6.56. The molecule has 0 unspecified atom stereocenters. The minimum atomic E-state index is 0.135. The number of nitrogens with zero attached hydrogens (tertiary/aromatic N) is 2. The highest BCUT2D eigenvalue weighted by Crippen LogP contribution is 2.39. The lowest BCUT2D eigenvalue weighted by atomic mass is 10.0. The van der Waals surface area contributed by atoms with E-state index in [1.54, 1.807) is 12.3 Å². The number of hydrogen-bond acceptors (Lipinski definition) is 5. The first-order valence-corrected chi connectivity index (χ1v) is 6.56. The molecule has 21 heavy (non-hydrogen) atoms. The number of aryl methyl sites for hydroxylation is 1. The number of ether oxygens (including phenoxy) is 2. The Morgan fingerprint density at radius 2 is 1.86 bits per heavy atom. The van der Waals surface area contributed by atoms with E-state index in [1.165, 1.54) is 6.20 Å². The Morgan fingerprint density at radius 3 is 2.67 bits per heavy atom. The van der Waals surface area contributed by atoms with Gasteiger partial charge in [0.2, 0.25) is 6.79 Å². The minimum Gasteiger partial charge on any atom is -0.506 e. The van der Waals surface area contributed by atoms with E-state index in [0.717, 1.165) is 27.7 Å². The van der Waals surface area contributed by atoms with Crippen molar-refractivity contribution in [3.05, 3.63) is 42.4 Å². The summed E-state index contributed by atoms with van der Waals surface area (Å²) in [7, 11) is 0. The summed E-state index contributed by atoms with van der Waals surface area (Å²) in [6, 6.07) is 7.46. The Morgan fingerprint density at radius 1 is 1.05 bits per heavy atom. The largest absolute Gasteiger partial charge is 0.506 e. The van der Waals surface area contributed by atoms with Gasteiger partial charge in [-0.25, -0.2) is 0 Å². The van der Waals surface area contributed by atoms with Gasteiger partial charge in [0.15, 0.2) is 11.5 Å². The molecule has 0 spiro atoms. The van der Waals surface area contributed by atoms with Crippen LogP contribution in [-0.4, -0.2) is 21.9 Å². The summed E-state index contributed by atoms with van der Waals surface area (Å²) >= 11 is 0. The van der Waals surface area contributed by atoms with E-state index >= 15 is 0 Å². The normalized spacial score (nSPS) is 12.8. The van der Waals surface area contributed by atoms with Gasteiger partial charge < -0.3 is 14.6 Å². The Bertz CT molecular complexity index is 862. The van der Waals surface area contributed by atoms with Gasteiger partial charge in [-0.15, -0.1) is 0 Å². The molecule has 104 valence electrons. The molecule has 0 aliphatic carbocycles. The summed E-state index contributed by atoms with van der Waals surface area (Å²) in [6.45, 7) is 2.16. The van der Waals surface area contributed by atoms with E-state index in [-0.39, 0.29) is 12.5 Å². The smallest absolute Gasteiger partial charge is 0.231 e. The van der Waals surface area contributed by atoms with Crippen LogP contribution in [0.3, 0.4) is 0 Å². The van der Waals surface area contributed by atoms with Crippen LogP contribution in [-0.2, 0) is 0 Å². The maximum absolute atomic E-state index is 9.65. The second kappa shape index (κ2) is 4.34. The molecule has 4 rings (SSSR count). The van der Waals surface area contributed by atoms with E-state index in [4.69, 9.17) is 9.47 Å². The molecular weight excluding hydrogens is 268 g/mol. The van der Waals surface area contributed by atoms with Crippen LogP contribution in [0.4, 0.5) is 0 Å². The van der Waals surface area contributed by atoms with Crippen LogP contribution < -0.4 is 9.47 Å². The quantitative estimate of drug-likeness (QED) is 0.742. The summed E-state index contributed by atoms with van der Waals surface area (Å²) < 4.78 is 10.8. The first-order chi connectivity index (χ1) is 10.2. The molecule has 0 saturated carbocycles. The zero-order valence-corrected chi connectivity index (χ0v) is 11.3. The molecule has 3 aromatic rings. The second-order valence-electron chi connectivity index (χ2n) is 4.97. The van der Waals surface area contributed by atoms with Gasteiger partial charge in [0.25, 0.3) is 0 Å². The molecule has 0 amide bonds. The van der Waals surface area contributed by atoms with Crippen LogP contribution in [0.25, 0.3) is 22.0 Å². The highest BCUT2D eigenvalue weighted by molar-refractivity contribution is 5.96. The highest BCUT2D eigenvalue weighted by atomic mass is 16.7. The fraction of sp³-hybridized carbons (Fsp3) is 0.125. The van der Waals surface area contributed by atoms with Crippen LogP contribution in [0.1, 0.15) is 5.69 Å². The minimum absolute atomic E-state index is 0.135. The molecule has 0 saturated heterocycles. The van der Waals surface area contributed by atoms with Gasteiger partial charge in [-0.3, -0.25) is 9.97 Å². The highest BCUT2D eigenvalue weighted by Gasteiger charge is 2.17. The predicted molar refractivity (Wildman–Crippen MR) is 77.5 cm³/mol. The zero-order chi connectivity index (χ0) is 14.4. The fourth-order valence-electron chi connectivity index (χ4n) is 2.56. The van der Waals surface area contributed by atoms with Gasteiger partial charge in [-0.1, -0.05) is 0 Å². The van der Waals surface area contributed by atoms with Gasteiger partial charge in [0.1, 0.15) is 5.75 Å². The van der Waals surface area contributed by atoms with Crippen molar-refractivity contribution in [3.8, 4) is 28.4 Å². The number of rotatable bonds is 1. The summed E-state index contributed by atoms with van der Waals surface area (Å²) in [5.74, 6) is 1.55. The van der Waals surface area contributed by atoms with E-state index in [0.29, 0.717) is 11.5 Å². The third-order valence-electron chi connectivity index (χ3n) is 3.47. The molecule has 1 aliphatic heterocycles. The van der Waals surface area contributed by atoms with Crippen molar-refractivity contribution in [2.75, 3.05) is 6.79 Å². The van der Waals surface area contributed by atoms with Crippen LogP contribution in [0.5, 0.6) is 17.2 Å². The second-order valence-corrected chi connectivity index (χ2v) is 4.97. The average molecular weight is 280 g/mol. The maximum atomic E-state index is 9.65. The molecule has 0 fully saturated rings. The molecular formula is C16H12N2O3. The van der Waals surface area contributed by atoms with Crippen LogP contribution >= 0.6 is 0 Å². The van der Waals surface area contributed by atoms with Crippen molar-refractivity contribution in [3.63, 3.8) is 0 Å². The molecule has 0 bridgehead atoms. The maximum Gasteiger partial charge on any atom is 0.231 e. The molecule has 3 heterocycles. The number of aromatic nitrogens is 2. The van der Waals surface area contributed by atoms with Gasteiger partial charge in [0, 0.05) is 28.9 Å². The van der Waals surface area contributed by atoms with Crippen LogP contribution in [0.2, 0.25) is 0 Å². The summed E-state index contributed by atoms with van der Waals surface area (Å²) in [5.41, 5.74) is 3.51. The lowest BCUT2D eigenvalue weighted by Crippen LogP contribution is -1.92. The monoisotopic (exact) mass is 280 g/mol. The molecule has 0 atom stereocenters. The topological polar surface area (TPSA) is 64.5 Å². The summed E-state index contributed by atoms with van der Waals surface area (Å²) in [4.78, 5) is 8.59. The first kappa shape index (κ1) is 12.0. The molecule has 1 aromatic carbocycles. The lowest BCUT2D eigenvalue weighted by Gasteiger charge is -2.09. The Balaban J connectivity index is 2.04. The van der Waals surface area contributed by atoms with Crippen molar-refractivity contribution in [2.45, 2.75) is 6.92 Å². The van der Waals surface area contributed by atoms with Crippen molar-refractivity contribution in [2.24, 2.45) is 0 Å². The predicted octanol–water partition coefficient (Wildman–Crippen LogP) is 3.04.